The molecule has 0 aromatic heterocycles. The number of hydrogen-bond donors (Lipinski definition) is 0. The number of benzene rings is 29. The standard InChI is InChI=1S/2C48H30.C42H26/c1-3-15-35-31(12-1)14-11-23-38(35)46-30-48-41-20-8-7-19-40(41)45(29-47(48)43-22-10-9-21-42(43)46)33-26-24-32(25-27-33)44-28-34-13-2-4-16-36(34)37-17-5-6-18-39(37)44;1-2-13-32-26-34(25-24-31(32)12-1)33-15-11-16-35(27-33)44-29-46-42-22-9-10-23-43(42)47(30-48(46)41-21-8-6-19-39(41)44)45-28-36-14-3-4-17-37(36)38-18-5-7-20-40(38)45;1-3-15-29-27(12-1)14-11-23-32(29)39-25-41-37-22-10-9-21-36(37)40(26-42(41)35-20-8-7-19-34(35)39)38-24-28-13-2-4-16-30(28)31-17-5-6-18-33(31)38/h2*1-30H;1-26H. The zero-order valence-corrected chi connectivity index (χ0v) is 75.7. The molecule has 638 valence electrons. The molecule has 29 rings (SSSR count). The van der Waals surface area contributed by atoms with E-state index in [1.54, 1.807) is 0 Å². The lowest BCUT2D eigenvalue weighted by Crippen LogP contribution is -1.91. The first-order valence-electron chi connectivity index (χ1n) is 48.0. The van der Waals surface area contributed by atoms with Gasteiger partial charge >= 0.3 is 0 Å². The molecule has 0 atom stereocenters. The van der Waals surface area contributed by atoms with E-state index >= 15 is 0 Å². The first-order valence-corrected chi connectivity index (χ1v) is 48.0. The van der Waals surface area contributed by atoms with Crippen LogP contribution in [-0.4, -0.2) is 0 Å². The lowest BCUT2D eigenvalue weighted by molar-refractivity contribution is 1.63. The lowest BCUT2D eigenvalue weighted by Gasteiger charge is -2.18. The van der Waals surface area contributed by atoms with E-state index in [9.17, 15) is 0 Å². The summed E-state index contributed by atoms with van der Waals surface area (Å²) in [5.41, 5.74) is 20.2. The van der Waals surface area contributed by atoms with E-state index in [-0.39, 0.29) is 0 Å². The van der Waals surface area contributed by atoms with Gasteiger partial charge in [-0.15, -0.1) is 0 Å². The quantitative estimate of drug-likeness (QED) is 0.133. The van der Waals surface area contributed by atoms with Crippen LogP contribution in [0.1, 0.15) is 0 Å². The molecule has 29 aromatic rings. The van der Waals surface area contributed by atoms with Gasteiger partial charge in [-0.2, -0.15) is 0 Å². The molecule has 0 unspecified atom stereocenters. The molecule has 0 saturated heterocycles. The van der Waals surface area contributed by atoms with E-state index < -0.39 is 0 Å². The van der Waals surface area contributed by atoms with Crippen molar-refractivity contribution in [3.05, 3.63) is 522 Å². The molecule has 0 heterocycles. The summed E-state index contributed by atoms with van der Waals surface area (Å²) >= 11 is 0. The Bertz CT molecular complexity index is 10100. The Morgan fingerprint density at radius 3 is 0.601 bits per heavy atom. The third-order valence-corrected chi connectivity index (χ3v) is 29.5. The van der Waals surface area contributed by atoms with Gasteiger partial charge < -0.3 is 0 Å². The molecule has 0 aliphatic rings. The van der Waals surface area contributed by atoms with Gasteiger partial charge in [0, 0.05) is 0 Å². The Kier molecular flexibility index (Phi) is 19.1. The molecule has 0 nitrogen and oxygen atoms in total. The van der Waals surface area contributed by atoms with Crippen molar-refractivity contribution in [3.8, 4) is 89.0 Å². The van der Waals surface area contributed by atoms with Crippen LogP contribution in [0.4, 0.5) is 0 Å². The third-order valence-electron chi connectivity index (χ3n) is 29.5. The summed E-state index contributed by atoms with van der Waals surface area (Å²) in [5.74, 6) is 0. The zero-order valence-electron chi connectivity index (χ0n) is 75.7. The van der Waals surface area contributed by atoms with Gasteiger partial charge in [0.2, 0.25) is 0 Å². The summed E-state index contributed by atoms with van der Waals surface area (Å²) in [4.78, 5) is 0. The average Bonchev–Trinajstić information content (AvgIpc) is 0.733. The fourth-order valence-electron chi connectivity index (χ4n) is 23.1. The second-order valence-corrected chi connectivity index (χ2v) is 36.9. The van der Waals surface area contributed by atoms with Crippen LogP contribution in [0.15, 0.2) is 522 Å². The average molecular weight is 1740 g/mol. The van der Waals surface area contributed by atoms with Crippen LogP contribution >= 0.6 is 0 Å². The van der Waals surface area contributed by atoms with E-state index in [0.29, 0.717) is 0 Å². The van der Waals surface area contributed by atoms with Crippen LogP contribution < -0.4 is 0 Å². The molecule has 0 bridgehead atoms. The molecule has 0 radical (unpaired) electrons. The summed E-state index contributed by atoms with van der Waals surface area (Å²) in [6.45, 7) is 0. The van der Waals surface area contributed by atoms with Crippen molar-refractivity contribution in [3.63, 3.8) is 0 Å². The van der Waals surface area contributed by atoms with Gasteiger partial charge in [-0.1, -0.05) is 455 Å². The van der Waals surface area contributed by atoms with E-state index in [4.69, 9.17) is 0 Å². The van der Waals surface area contributed by atoms with Crippen LogP contribution in [0, 0.1) is 0 Å². The predicted molar refractivity (Wildman–Crippen MR) is 598 cm³/mol. The maximum atomic E-state index is 2.45. The molecular weight excluding hydrogens is 1660 g/mol. The highest BCUT2D eigenvalue weighted by Gasteiger charge is 2.24. The Balaban J connectivity index is 0.000000105. The summed E-state index contributed by atoms with van der Waals surface area (Å²) < 4.78 is 0. The Morgan fingerprint density at radius 1 is 0.0652 bits per heavy atom. The van der Waals surface area contributed by atoms with Gasteiger partial charge in [-0.3, -0.25) is 0 Å². The van der Waals surface area contributed by atoms with E-state index in [1.807, 2.05) is 0 Å². The predicted octanol–water partition coefficient (Wildman–Crippen LogP) is 39.2. The summed E-state index contributed by atoms with van der Waals surface area (Å²) in [6, 6.07) is 192. The topological polar surface area (TPSA) is 0 Å². The van der Waals surface area contributed by atoms with Gasteiger partial charge in [-0.25, -0.2) is 0 Å². The van der Waals surface area contributed by atoms with E-state index in [0.717, 1.165) is 0 Å². The maximum absolute atomic E-state index is 2.45. The molecule has 29 aromatic carbocycles. The van der Waals surface area contributed by atoms with Gasteiger partial charge in [-0.05, 0) is 350 Å². The highest BCUT2D eigenvalue weighted by atomic mass is 14.3. The second-order valence-electron chi connectivity index (χ2n) is 36.9. The van der Waals surface area contributed by atoms with Crippen molar-refractivity contribution in [1.29, 1.82) is 0 Å². The number of rotatable bonds is 8. The molecule has 0 spiro atoms. The minimum Gasteiger partial charge on any atom is -0.0616 e. The normalized spacial score (nSPS) is 11.8. The molecular formula is C138H86. The summed E-state index contributed by atoms with van der Waals surface area (Å²) in [5, 5.41) is 46.1. The lowest BCUT2D eigenvalue weighted by atomic mass is 9.85. The van der Waals surface area contributed by atoms with Crippen molar-refractivity contribution in [2.75, 3.05) is 0 Å². The molecule has 138 heavy (non-hydrogen) atoms. The highest BCUT2D eigenvalue weighted by Crippen LogP contribution is 2.51. The van der Waals surface area contributed by atoms with Crippen LogP contribution in [-0.2, 0) is 0 Å². The van der Waals surface area contributed by atoms with E-state index in [1.165, 1.54) is 283 Å². The van der Waals surface area contributed by atoms with Crippen LogP contribution in [0.25, 0.3) is 283 Å². The van der Waals surface area contributed by atoms with Crippen molar-refractivity contribution in [2.24, 2.45) is 0 Å². The minimum absolute atomic E-state index is 1.23. The number of hydrogen-bond acceptors (Lipinski definition) is 0. The molecule has 0 N–H and O–H groups in total. The minimum atomic E-state index is 1.23. The van der Waals surface area contributed by atoms with Crippen molar-refractivity contribution < 1.29 is 0 Å². The molecule has 0 aliphatic heterocycles. The third kappa shape index (κ3) is 13.4. The van der Waals surface area contributed by atoms with Crippen molar-refractivity contribution in [1.82, 2.24) is 0 Å². The maximum Gasteiger partial charge on any atom is -0.00923 e. The van der Waals surface area contributed by atoms with Crippen molar-refractivity contribution >= 4 is 194 Å². The Hall–Kier alpha value is -17.9. The van der Waals surface area contributed by atoms with Gasteiger partial charge in [0.15, 0.2) is 0 Å². The second kappa shape index (κ2) is 33.1. The molecule has 0 saturated carbocycles. The van der Waals surface area contributed by atoms with E-state index in [2.05, 4.69) is 522 Å². The largest absolute Gasteiger partial charge is 0.0616 e. The summed E-state index contributed by atoms with van der Waals surface area (Å²) in [7, 11) is 0. The molecule has 0 aliphatic carbocycles. The zero-order chi connectivity index (χ0) is 90.8. The smallest absolute Gasteiger partial charge is 0.00923 e. The van der Waals surface area contributed by atoms with Crippen LogP contribution in [0.2, 0.25) is 0 Å². The van der Waals surface area contributed by atoms with Crippen molar-refractivity contribution in [2.45, 2.75) is 0 Å². The monoisotopic (exact) mass is 1740 g/mol. The van der Waals surface area contributed by atoms with Gasteiger partial charge in [0.1, 0.15) is 0 Å². The first kappa shape index (κ1) is 79.8. The van der Waals surface area contributed by atoms with Crippen LogP contribution in [0.3, 0.4) is 0 Å². The highest BCUT2D eigenvalue weighted by molar-refractivity contribution is 6.31. The summed E-state index contributed by atoms with van der Waals surface area (Å²) in [6.07, 6.45) is 0. The van der Waals surface area contributed by atoms with Crippen LogP contribution in [0.5, 0.6) is 0 Å². The first-order chi connectivity index (χ1) is 68.5. The molecule has 0 amide bonds. The fraction of sp³-hybridized carbons (Fsp3) is 0. The Morgan fingerprint density at radius 2 is 0.261 bits per heavy atom. The van der Waals surface area contributed by atoms with Gasteiger partial charge in [0.05, 0.1) is 0 Å². The molecule has 0 heteroatoms. The van der Waals surface area contributed by atoms with Gasteiger partial charge in [0.25, 0.3) is 0 Å². The SMILES string of the molecule is c1cc(-c2ccc3ccccc3c2)cc(-c2cc3c4ccccc4c(-c4cc5ccccc5c5ccccc45)cc3c3ccccc23)c1.c1ccc2c(-c3cc4c5ccccc5c(-c5cc6ccccc6c6ccccc56)cc4c4ccccc34)cccc2c1.c1ccc2c(-c3cc4c5ccccc5c(-c5ccc(-c6cc7ccccc7c7ccccc67)cc5)cc4c4ccccc34)cccc2c1. The fourth-order valence-corrected chi connectivity index (χ4v) is 23.1. The molecule has 0 fully saturated rings. The Labute approximate surface area is 798 Å². The number of fused-ring (bicyclic) bond motifs is 27.